The van der Waals surface area contributed by atoms with E-state index in [4.69, 9.17) is 4.74 Å². The lowest BCUT2D eigenvalue weighted by Crippen LogP contribution is -2.49. The molecular weight excluding hydrogens is 507 g/mol. The van der Waals surface area contributed by atoms with Gasteiger partial charge in [-0.3, -0.25) is 4.99 Å². The zero-order chi connectivity index (χ0) is 21.3. The molecule has 9 heteroatoms. The number of nitrogens with zero attached hydrogens (tertiary/aromatic N) is 4. The van der Waals surface area contributed by atoms with E-state index in [1.54, 1.807) is 11.9 Å². The van der Waals surface area contributed by atoms with Gasteiger partial charge in [-0.1, -0.05) is 24.3 Å². The molecule has 1 aromatic heterocycles. The number of aliphatic imine (C=N–C) groups is 1. The van der Waals surface area contributed by atoms with E-state index in [0.29, 0.717) is 26.2 Å². The van der Waals surface area contributed by atoms with Crippen molar-refractivity contribution in [3.63, 3.8) is 0 Å². The Morgan fingerprint density at radius 3 is 2.68 bits per heavy atom. The van der Waals surface area contributed by atoms with Gasteiger partial charge in [0.15, 0.2) is 5.96 Å². The van der Waals surface area contributed by atoms with Gasteiger partial charge in [-0.2, -0.15) is 0 Å². The summed E-state index contributed by atoms with van der Waals surface area (Å²) in [5.74, 6) is 1.79. The van der Waals surface area contributed by atoms with Crippen molar-refractivity contribution in [1.29, 1.82) is 0 Å². The molecule has 2 aromatic rings. The number of likely N-dealkylation sites (tertiary alicyclic amines) is 1. The molecule has 170 valence electrons. The first kappa shape index (κ1) is 25.0. The van der Waals surface area contributed by atoms with E-state index in [-0.39, 0.29) is 36.1 Å². The Balaban J connectivity index is 0.00000341. The molecule has 2 N–H and O–H groups in total. The molecule has 3 rings (SSSR count). The van der Waals surface area contributed by atoms with E-state index in [1.165, 1.54) is 11.1 Å². The fourth-order valence-corrected chi connectivity index (χ4v) is 3.60. The second-order valence-electron chi connectivity index (χ2n) is 7.45. The van der Waals surface area contributed by atoms with Crippen molar-refractivity contribution in [2.75, 3.05) is 26.7 Å². The average Bonchev–Trinajstić information content (AvgIpc) is 3.16. The Labute approximate surface area is 201 Å². The van der Waals surface area contributed by atoms with Gasteiger partial charge in [0.2, 0.25) is 0 Å². The molecule has 1 amide bonds. The summed E-state index contributed by atoms with van der Waals surface area (Å²) in [6.07, 6.45) is 5.36. The van der Waals surface area contributed by atoms with Crippen LogP contribution < -0.4 is 10.6 Å². The van der Waals surface area contributed by atoms with Crippen LogP contribution in [0.15, 0.2) is 41.7 Å². The maximum atomic E-state index is 11.8. The zero-order valence-electron chi connectivity index (χ0n) is 18.5. The Hall–Kier alpha value is -2.30. The summed E-state index contributed by atoms with van der Waals surface area (Å²) in [6.45, 7) is 7.15. The number of imidazole rings is 1. The molecule has 1 fully saturated rings. The smallest absolute Gasteiger partial charge is 0.409 e. The van der Waals surface area contributed by atoms with Crippen LogP contribution in [0, 0.1) is 6.92 Å². The Morgan fingerprint density at radius 2 is 2.03 bits per heavy atom. The molecule has 0 radical (unpaired) electrons. The van der Waals surface area contributed by atoms with Gasteiger partial charge in [-0.15, -0.1) is 24.0 Å². The van der Waals surface area contributed by atoms with Gasteiger partial charge in [0, 0.05) is 51.7 Å². The van der Waals surface area contributed by atoms with Gasteiger partial charge in [-0.05, 0) is 37.8 Å². The van der Waals surface area contributed by atoms with E-state index in [9.17, 15) is 4.79 Å². The monoisotopic (exact) mass is 540 g/mol. The average molecular weight is 540 g/mol. The van der Waals surface area contributed by atoms with Crippen molar-refractivity contribution in [3.05, 3.63) is 53.6 Å². The van der Waals surface area contributed by atoms with E-state index in [2.05, 4.69) is 49.4 Å². The number of guanidine groups is 1. The van der Waals surface area contributed by atoms with Gasteiger partial charge in [0.05, 0.1) is 6.61 Å². The number of ether oxygens (including phenoxy) is 1. The lowest BCUT2D eigenvalue weighted by Gasteiger charge is -2.32. The summed E-state index contributed by atoms with van der Waals surface area (Å²) in [5, 5.41) is 6.87. The molecule has 0 atom stereocenters. The Kier molecular flexibility index (Phi) is 10.1. The van der Waals surface area contributed by atoms with Crippen LogP contribution in [0.2, 0.25) is 0 Å². The van der Waals surface area contributed by atoms with Crippen LogP contribution in [0.1, 0.15) is 36.7 Å². The van der Waals surface area contributed by atoms with Crippen LogP contribution in [0.25, 0.3) is 0 Å². The molecule has 0 spiro atoms. The third-order valence-electron chi connectivity index (χ3n) is 5.31. The Morgan fingerprint density at radius 1 is 1.29 bits per heavy atom. The minimum atomic E-state index is -0.218. The molecule has 1 saturated heterocycles. The maximum Gasteiger partial charge on any atom is 0.409 e. The number of nitrogens with one attached hydrogen (secondary N) is 2. The second kappa shape index (κ2) is 12.5. The van der Waals surface area contributed by atoms with Gasteiger partial charge < -0.3 is 24.8 Å². The number of hydrogen-bond donors (Lipinski definition) is 2. The number of aromatic nitrogens is 2. The van der Waals surface area contributed by atoms with Crippen molar-refractivity contribution < 1.29 is 9.53 Å². The minimum absolute atomic E-state index is 0. The molecule has 1 aliphatic heterocycles. The highest BCUT2D eigenvalue weighted by Crippen LogP contribution is 2.12. The first-order chi connectivity index (χ1) is 14.6. The summed E-state index contributed by atoms with van der Waals surface area (Å²) in [4.78, 5) is 22.2. The normalized spacial score (nSPS) is 14.7. The first-order valence-corrected chi connectivity index (χ1v) is 10.5. The van der Waals surface area contributed by atoms with Gasteiger partial charge in [0.1, 0.15) is 5.82 Å². The number of amides is 1. The number of halogens is 1. The molecule has 1 aliphatic rings. The number of carbonyl (C=O) groups is 1. The summed E-state index contributed by atoms with van der Waals surface area (Å²) in [7, 11) is 1.78. The number of aryl methyl sites for hydroxylation is 1. The van der Waals surface area contributed by atoms with Crippen LogP contribution >= 0.6 is 24.0 Å². The number of hydrogen-bond acceptors (Lipinski definition) is 4. The summed E-state index contributed by atoms with van der Waals surface area (Å²) in [6, 6.07) is 8.82. The predicted octanol–water partition coefficient (Wildman–Crippen LogP) is 3.14. The summed E-state index contributed by atoms with van der Waals surface area (Å²) >= 11 is 0. The third kappa shape index (κ3) is 7.41. The molecule has 1 aromatic carbocycles. The molecule has 0 bridgehead atoms. The van der Waals surface area contributed by atoms with Crippen LogP contribution in [0.4, 0.5) is 4.79 Å². The SMILES string of the molecule is CCOC(=O)N1CCC(NC(=NC)NCc2cccc(Cn3ccnc3C)c2)CC1.I. The van der Waals surface area contributed by atoms with Crippen LogP contribution in [0.5, 0.6) is 0 Å². The largest absolute Gasteiger partial charge is 0.450 e. The number of rotatable bonds is 6. The summed E-state index contributed by atoms with van der Waals surface area (Å²) in [5.41, 5.74) is 2.44. The third-order valence-corrected chi connectivity index (χ3v) is 5.31. The van der Waals surface area contributed by atoms with Crippen molar-refractivity contribution in [1.82, 2.24) is 25.1 Å². The van der Waals surface area contributed by atoms with Crippen molar-refractivity contribution >= 4 is 36.0 Å². The highest BCUT2D eigenvalue weighted by molar-refractivity contribution is 14.0. The molecule has 0 aliphatic carbocycles. The number of benzene rings is 1. The topological polar surface area (TPSA) is 83.8 Å². The first-order valence-electron chi connectivity index (χ1n) is 10.5. The predicted molar refractivity (Wildman–Crippen MR) is 133 cm³/mol. The van der Waals surface area contributed by atoms with Crippen molar-refractivity contribution in [2.45, 2.75) is 45.8 Å². The Bertz CT molecular complexity index is 861. The van der Waals surface area contributed by atoms with Gasteiger partial charge in [-0.25, -0.2) is 9.78 Å². The van der Waals surface area contributed by atoms with Crippen molar-refractivity contribution in [2.24, 2.45) is 4.99 Å². The summed E-state index contributed by atoms with van der Waals surface area (Å²) < 4.78 is 7.22. The van der Waals surface area contributed by atoms with E-state index in [0.717, 1.165) is 31.2 Å². The van der Waals surface area contributed by atoms with Gasteiger partial charge >= 0.3 is 6.09 Å². The van der Waals surface area contributed by atoms with E-state index < -0.39 is 0 Å². The van der Waals surface area contributed by atoms with Crippen LogP contribution in [-0.4, -0.2) is 59.3 Å². The quantitative estimate of drug-likeness (QED) is 0.334. The highest BCUT2D eigenvalue weighted by atomic mass is 127. The fraction of sp³-hybridized carbons (Fsp3) is 0.500. The fourth-order valence-electron chi connectivity index (χ4n) is 3.60. The van der Waals surface area contributed by atoms with Crippen LogP contribution in [0.3, 0.4) is 0 Å². The van der Waals surface area contributed by atoms with Gasteiger partial charge in [0.25, 0.3) is 0 Å². The van der Waals surface area contributed by atoms with E-state index in [1.807, 2.05) is 26.2 Å². The number of carbonyl (C=O) groups excluding carboxylic acids is 1. The molecular formula is C22H33IN6O2. The molecule has 2 heterocycles. The minimum Gasteiger partial charge on any atom is -0.450 e. The maximum absolute atomic E-state index is 11.8. The lowest BCUT2D eigenvalue weighted by molar-refractivity contribution is 0.0963. The number of piperidine rings is 1. The lowest BCUT2D eigenvalue weighted by atomic mass is 10.1. The van der Waals surface area contributed by atoms with Crippen LogP contribution in [-0.2, 0) is 17.8 Å². The molecule has 0 unspecified atom stereocenters. The molecule has 8 nitrogen and oxygen atoms in total. The second-order valence-corrected chi connectivity index (χ2v) is 7.45. The van der Waals surface area contributed by atoms with E-state index >= 15 is 0 Å². The van der Waals surface area contributed by atoms with Crippen molar-refractivity contribution in [3.8, 4) is 0 Å². The standard InChI is InChI=1S/C22H32N6O2.HI/c1-4-30-22(29)27-11-8-20(9-12-27)26-21(23-3)25-15-18-6-5-7-19(14-18)16-28-13-10-24-17(28)2;/h5-7,10,13-14,20H,4,8-9,11-12,15-16H2,1-3H3,(H2,23,25,26);1H. The highest BCUT2D eigenvalue weighted by Gasteiger charge is 2.24. The zero-order valence-corrected chi connectivity index (χ0v) is 20.8. The molecule has 31 heavy (non-hydrogen) atoms. The molecule has 0 saturated carbocycles.